The Morgan fingerprint density at radius 2 is 1.86 bits per heavy atom. The molecule has 1 saturated heterocycles. The van der Waals surface area contributed by atoms with Crippen LogP contribution in [0.25, 0.3) is 0 Å². The highest BCUT2D eigenvalue weighted by molar-refractivity contribution is 7.88. The Morgan fingerprint density at radius 3 is 2.52 bits per heavy atom. The monoisotopic (exact) mass is 350 g/mol. The molecule has 1 aliphatic rings. The van der Waals surface area contributed by atoms with E-state index in [2.05, 4.69) is 0 Å². The zero-order chi connectivity index (χ0) is 15.6. The zero-order valence-corrected chi connectivity index (χ0v) is 13.9. The number of hydrogen-bond donors (Lipinski definition) is 0. The SMILES string of the molecule is CS(=O)(=O)N1CCCN(C(=O)c2cccc(Cl)c2Cl)CC1. The summed E-state index contributed by atoms with van der Waals surface area (Å²) in [4.78, 5) is 14.1. The van der Waals surface area contributed by atoms with Crippen LogP contribution >= 0.6 is 23.2 Å². The van der Waals surface area contributed by atoms with Gasteiger partial charge in [0.2, 0.25) is 10.0 Å². The van der Waals surface area contributed by atoms with E-state index in [4.69, 9.17) is 23.2 Å². The third kappa shape index (κ3) is 3.88. The minimum absolute atomic E-state index is 0.224. The van der Waals surface area contributed by atoms with Gasteiger partial charge in [-0.05, 0) is 18.6 Å². The molecule has 5 nitrogen and oxygen atoms in total. The summed E-state index contributed by atoms with van der Waals surface area (Å²) in [5.41, 5.74) is 0.344. The fourth-order valence-corrected chi connectivity index (χ4v) is 3.52. The molecule has 0 unspecified atom stereocenters. The molecule has 0 spiro atoms. The second-order valence-electron chi connectivity index (χ2n) is 4.91. The molecule has 0 radical (unpaired) electrons. The molecule has 0 saturated carbocycles. The van der Waals surface area contributed by atoms with Crippen LogP contribution < -0.4 is 0 Å². The lowest BCUT2D eigenvalue weighted by Gasteiger charge is -2.21. The topological polar surface area (TPSA) is 57.7 Å². The van der Waals surface area contributed by atoms with Crippen LogP contribution in [0, 0.1) is 0 Å². The average Bonchev–Trinajstić information content (AvgIpc) is 2.66. The Bertz CT molecular complexity index is 649. The van der Waals surface area contributed by atoms with Crippen molar-refractivity contribution >= 4 is 39.1 Å². The summed E-state index contributed by atoms with van der Waals surface area (Å²) in [7, 11) is -3.23. The predicted octanol–water partition coefficient (Wildman–Crippen LogP) is 2.10. The third-order valence-corrected chi connectivity index (χ3v) is 5.52. The van der Waals surface area contributed by atoms with Crippen LogP contribution in [0.5, 0.6) is 0 Å². The maximum atomic E-state index is 12.5. The second-order valence-corrected chi connectivity index (χ2v) is 7.68. The first kappa shape index (κ1) is 16.5. The van der Waals surface area contributed by atoms with Crippen molar-refractivity contribution in [2.24, 2.45) is 0 Å². The van der Waals surface area contributed by atoms with E-state index in [-0.39, 0.29) is 10.9 Å². The molecule has 1 aromatic rings. The molecule has 0 atom stereocenters. The summed E-state index contributed by atoms with van der Waals surface area (Å²) >= 11 is 12.0. The number of carbonyl (C=O) groups is 1. The molecular weight excluding hydrogens is 335 g/mol. The van der Waals surface area contributed by atoms with Gasteiger partial charge in [-0.3, -0.25) is 4.79 Å². The number of halogens is 2. The lowest BCUT2D eigenvalue weighted by Crippen LogP contribution is -2.37. The number of nitrogens with zero attached hydrogens (tertiary/aromatic N) is 2. The van der Waals surface area contributed by atoms with Crippen molar-refractivity contribution in [2.75, 3.05) is 32.4 Å². The fourth-order valence-electron chi connectivity index (χ4n) is 2.27. The molecule has 21 heavy (non-hydrogen) atoms. The molecule has 0 aromatic heterocycles. The smallest absolute Gasteiger partial charge is 0.255 e. The van der Waals surface area contributed by atoms with Gasteiger partial charge < -0.3 is 4.90 Å². The Labute approximate surface area is 134 Å². The van der Waals surface area contributed by atoms with Crippen LogP contribution in [0.4, 0.5) is 0 Å². The predicted molar refractivity (Wildman–Crippen MR) is 83.4 cm³/mol. The highest BCUT2D eigenvalue weighted by Crippen LogP contribution is 2.26. The van der Waals surface area contributed by atoms with Crippen molar-refractivity contribution in [1.29, 1.82) is 0 Å². The van der Waals surface area contributed by atoms with E-state index in [1.165, 1.54) is 10.6 Å². The highest BCUT2D eigenvalue weighted by Gasteiger charge is 2.25. The molecule has 1 aliphatic heterocycles. The van der Waals surface area contributed by atoms with E-state index >= 15 is 0 Å². The summed E-state index contributed by atoms with van der Waals surface area (Å²) in [5, 5.41) is 0.559. The van der Waals surface area contributed by atoms with E-state index in [1.54, 1.807) is 23.1 Å². The Balaban J connectivity index is 2.16. The van der Waals surface area contributed by atoms with Gasteiger partial charge in [0.25, 0.3) is 5.91 Å². The lowest BCUT2D eigenvalue weighted by molar-refractivity contribution is 0.0764. The summed E-state index contributed by atoms with van der Waals surface area (Å²) in [6.45, 7) is 1.55. The van der Waals surface area contributed by atoms with Crippen molar-refractivity contribution in [1.82, 2.24) is 9.21 Å². The Morgan fingerprint density at radius 1 is 1.14 bits per heavy atom. The number of sulfonamides is 1. The molecular formula is C13H16Cl2N2O3S. The van der Waals surface area contributed by atoms with Crippen molar-refractivity contribution < 1.29 is 13.2 Å². The molecule has 8 heteroatoms. The first-order chi connectivity index (χ1) is 9.80. The van der Waals surface area contributed by atoms with Crippen LogP contribution in [0.1, 0.15) is 16.8 Å². The number of benzene rings is 1. The van der Waals surface area contributed by atoms with Crippen LogP contribution in [-0.4, -0.2) is 56.0 Å². The first-order valence-corrected chi connectivity index (χ1v) is 9.09. The van der Waals surface area contributed by atoms with E-state index in [9.17, 15) is 13.2 Å². The molecule has 0 aliphatic carbocycles. The van der Waals surface area contributed by atoms with Crippen molar-refractivity contribution in [2.45, 2.75) is 6.42 Å². The van der Waals surface area contributed by atoms with Gasteiger partial charge in [0.1, 0.15) is 0 Å². The van der Waals surface area contributed by atoms with Gasteiger partial charge in [-0.15, -0.1) is 0 Å². The molecule has 0 N–H and O–H groups in total. The number of hydrogen-bond acceptors (Lipinski definition) is 3. The van der Waals surface area contributed by atoms with E-state index in [0.29, 0.717) is 43.2 Å². The zero-order valence-electron chi connectivity index (χ0n) is 11.6. The Hall–Kier alpha value is -0.820. The quantitative estimate of drug-likeness (QED) is 0.820. The molecule has 0 bridgehead atoms. The molecule has 1 aromatic carbocycles. The lowest BCUT2D eigenvalue weighted by atomic mass is 10.2. The number of rotatable bonds is 2. The van der Waals surface area contributed by atoms with Crippen LogP contribution in [0.3, 0.4) is 0 Å². The van der Waals surface area contributed by atoms with Gasteiger partial charge in [-0.2, -0.15) is 0 Å². The van der Waals surface area contributed by atoms with Crippen molar-refractivity contribution in [3.05, 3.63) is 33.8 Å². The number of amides is 1. The summed E-state index contributed by atoms with van der Waals surface area (Å²) in [6, 6.07) is 4.91. The van der Waals surface area contributed by atoms with E-state index in [1.807, 2.05) is 0 Å². The van der Waals surface area contributed by atoms with Gasteiger partial charge in [-0.25, -0.2) is 12.7 Å². The summed E-state index contributed by atoms with van der Waals surface area (Å²) in [5.74, 6) is -0.224. The first-order valence-electron chi connectivity index (χ1n) is 6.49. The minimum atomic E-state index is -3.23. The van der Waals surface area contributed by atoms with E-state index < -0.39 is 10.0 Å². The van der Waals surface area contributed by atoms with Gasteiger partial charge in [0, 0.05) is 26.2 Å². The minimum Gasteiger partial charge on any atom is -0.337 e. The molecule has 116 valence electrons. The fraction of sp³-hybridized carbons (Fsp3) is 0.462. The molecule has 1 heterocycles. The largest absolute Gasteiger partial charge is 0.337 e. The van der Waals surface area contributed by atoms with E-state index in [0.717, 1.165) is 0 Å². The molecule has 1 fully saturated rings. The maximum absolute atomic E-state index is 12.5. The Kier molecular flexibility index (Phi) is 5.14. The third-order valence-electron chi connectivity index (χ3n) is 3.39. The number of carbonyl (C=O) groups excluding carboxylic acids is 1. The molecule has 1 amide bonds. The van der Waals surface area contributed by atoms with Gasteiger partial charge in [0.05, 0.1) is 21.9 Å². The van der Waals surface area contributed by atoms with Crippen molar-refractivity contribution in [3.63, 3.8) is 0 Å². The van der Waals surface area contributed by atoms with Gasteiger partial charge >= 0.3 is 0 Å². The van der Waals surface area contributed by atoms with Gasteiger partial charge in [0.15, 0.2) is 0 Å². The molecule has 2 rings (SSSR count). The van der Waals surface area contributed by atoms with Crippen molar-refractivity contribution in [3.8, 4) is 0 Å². The van der Waals surface area contributed by atoms with Crippen LogP contribution in [0.2, 0.25) is 10.0 Å². The highest BCUT2D eigenvalue weighted by atomic mass is 35.5. The summed E-state index contributed by atoms with van der Waals surface area (Å²) in [6.07, 6.45) is 1.77. The average molecular weight is 351 g/mol. The standard InChI is InChI=1S/C13H16Cl2N2O3S/c1-21(19,20)17-7-3-6-16(8-9-17)13(18)10-4-2-5-11(14)12(10)15/h2,4-5H,3,6-9H2,1H3. The summed E-state index contributed by atoms with van der Waals surface area (Å²) < 4.78 is 24.5. The van der Waals surface area contributed by atoms with Gasteiger partial charge in [-0.1, -0.05) is 29.3 Å². The maximum Gasteiger partial charge on any atom is 0.255 e. The van der Waals surface area contributed by atoms with Crippen LogP contribution in [-0.2, 0) is 10.0 Å². The normalized spacial score (nSPS) is 17.6. The second kappa shape index (κ2) is 6.52. The van der Waals surface area contributed by atoms with Crippen LogP contribution in [0.15, 0.2) is 18.2 Å².